The van der Waals surface area contributed by atoms with Gasteiger partial charge in [-0.25, -0.2) is 4.98 Å². The SMILES string of the molecule is CC(C)Oc1ccc(-c2ccn3c(-c4ccnc5cc(Cl)ccc45)cnc3c2)cc1. The topological polar surface area (TPSA) is 39.4 Å². The molecular weight excluding hydrogens is 394 g/mol. The number of halogens is 1. The van der Waals surface area contributed by atoms with Crippen LogP contribution in [0.2, 0.25) is 5.02 Å². The number of imidazole rings is 1. The zero-order chi connectivity index (χ0) is 20.7. The minimum Gasteiger partial charge on any atom is -0.491 e. The molecule has 0 atom stereocenters. The molecule has 0 saturated carbocycles. The van der Waals surface area contributed by atoms with Gasteiger partial charge < -0.3 is 4.74 Å². The van der Waals surface area contributed by atoms with E-state index in [1.807, 2.05) is 62.6 Å². The second kappa shape index (κ2) is 7.47. The minimum atomic E-state index is 0.163. The van der Waals surface area contributed by atoms with Crippen LogP contribution in [-0.2, 0) is 0 Å². The molecule has 3 heterocycles. The lowest BCUT2D eigenvalue weighted by atomic mass is 10.1. The molecule has 148 valence electrons. The number of hydrogen-bond acceptors (Lipinski definition) is 3. The molecule has 0 saturated heterocycles. The van der Waals surface area contributed by atoms with Crippen LogP contribution in [0.5, 0.6) is 5.75 Å². The van der Waals surface area contributed by atoms with E-state index in [4.69, 9.17) is 16.3 Å². The monoisotopic (exact) mass is 413 g/mol. The summed E-state index contributed by atoms with van der Waals surface area (Å²) in [6.45, 7) is 4.05. The molecule has 5 rings (SSSR count). The Morgan fingerprint density at radius 1 is 0.900 bits per heavy atom. The molecule has 0 aliphatic heterocycles. The highest BCUT2D eigenvalue weighted by Gasteiger charge is 2.11. The fourth-order valence-electron chi connectivity index (χ4n) is 3.70. The van der Waals surface area contributed by atoms with Gasteiger partial charge in [0.05, 0.1) is 23.5 Å². The molecule has 0 aliphatic rings. The summed E-state index contributed by atoms with van der Waals surface area (Å²) in [6.07, 6.45) is 5.94. The Morgan fingerprint density at radius 2 is 1.73 bits per heavy atom. The highest BCUT2D eigenvalue weighted by atomic mass is 35.5. The second-order valence-electron chi connectivity index (χ2n) is 7.50. The van der Waals surface area contributed by atoms with E-state index in [0.29, 0.717) is 5.02 Å². The van der Waals surface area contributed by atoms with Crippen LogP contribution in [-0.4, -0.2) is 20.5 Å². The van der Waals surface area contributed by atoms with Gasteiger partial charge in [-0.05, 0) is 67.4 Å². The maximum absolute atomic E-state index is 6.14. The number of pyridine rings is 2. The fraction of sp³-hybridized carbons (Fsp3) is 0.120. The van der Waals surface area contributed by atoms with Crippen LogP contribution in [0.25, 0.3) is 38.9 Å². The Hall–Kier alpha value is -3.37. The molecule has 0 fully saturated rings. The molecule has 0 spiro atoms. The van der Waals surface area contributed by atoms with E-state index in [0.717, 1.165) is 44.7 Å². The van der Waals surface area contributed by atoms with Crippen molar-refractivity contribution in [2.75, 3.05) is 0 Å². The van der Waals surface area contributed by atoms with E-state index in [1.165, 1.54) is 0 Å². The highest BCUT2D eigenvalue weighted by molar-refractivity contribution is 6.31. The summed E-state index contributed by atoms with van der Waals surface area (Å²) in [4.78, 5) is 9.10. The van der Waals surface area contributed by atoms with Crippen LogP contribution in [0.15, 0.2) is 79.3 Å². The van der Waals surface area contributed by atoms with Crippen molar-refractivity contribution in [2.24, 2.45) is 0 Å². The largest absolute Gasteiger partial charge is 0.491 e. The number of fused-ring (bicyclic) bond motifs is 2. The van der Waals surface area contributed by atoms with E-state index >= 15 is 0 Å². The molecular formula is C25H20ClN3O. The summed E-state index contributed by atoms with van der Waals surface area (Å²) in [5, 5.41) is 1.73. The van der Waals surface area contributed by atoms with Gasteiger partial charge >= 0.3 is 0 Å². The molecule has 0 radical (unpaired) electrons. The van der Waals surface area contributed by atoms with Crippen molar-refractivity contribution < 1.29 is 4.74 Å². The van der Waals surface area contributed by atoms with Gasteiger partial charge in [0.2, 0.25) is 0 Å². The van der Waals surface area contributed by atoms with E-state index in [2.05, 4.69) is 44.8 Å². The first-order valence-corrected chi connectivity index (χ1v) is 10.2. The lowest BCUT2D eigenvalue weighted by Gasteiger charge is -2.10. The zero-order valence-corrected chi connectivity index (χ0v) is 17.5. The summed E-state index contributed by atoms with van der Waals surface area (Å²) in [6, 6.07) is 20.2. The molecule has 0 N–H and O–H groups in total. The molecule has 5 heteroatoms. The predicted octanol–water partition coefficient (Wildman–Crippen LogP) is 6.66. The molecule has 4 nitrogen and oxygen atoms in total. The lowest BCUT2D eigenvalue weighted by molar-refractivity contribution is 0.242. The maximum atomic E-state index is 6.14. The van der Waals surface area contributed by atoms with Crippen LogP contribution < -0.4 is 4.74 Å². The van der Waals surface area contributed by atoms with Crippen molar-refractivity contribution >= 4 is 28.2 Å². The van der Waals surface area contributed by atoms with Crippen molar-refractivity contribution in [2.45, 2.75) is 20.0 Å². The van der Waals surface area contributed by atoms with E-state index < -0.39 is 0 Å². The Kier molecular flexibility index (Phi) is 4.64. The Bertz CT molecular complexity index is 1360. The summed E-state index contributed by atoms with van der Waals surface area (Å²) in [5.74, 6) is 0.877. The van der Waals surface area contributed by atoms with Gasteiger partial charge in [0.15, 0.2) is 0 Å². The van der Waals surface area contributed by atoms with Gasteiger partial charge in [0.25, 0.3) is 0 Å². The van der Waals surface area contributed by atoms with Crippen molar-refractivity contribution in [3.05, 3.63) is 84.3 Å². The molecule has 0 aliphatic carbocycles. The van der Waals surface area contributed by atoms with E-state index in [9.17, 15) is 0 Å². The summed E-state index contributed by atoms with van der Waals surface area (Å²) in [7, 11) is 0. The Balaban J connectivity index is 1.55. The highest BCUT2D eigenvalue weighted by Crippen LogP contribution is 2.31. The quantitative estimate of drug-likeness (QED) is 0.331. The smallest absolute Gasteiger partial charge is 0.137 e. The maximum Gasteiger partial charge on any atom is 0.137 e. The molecule has 0 bridgehead atoms. The molecule has 0 amide bonds. The first kappa shape index (κ1) is 18.6. The Morgan fingerprint density at radius 3 is 2.53 bits per heavy atom. The van der Waals surface area contributed by atoms with Crippen LogP contribution >= 0.6 is 11.6 Å². The summed E-state index contributed by atoms with van der Waals surface area (Å²) >= 11 is 6.14. The third-order valence-corrected chi connectivity index (χ3v) is 5.29. The molecule has 0 unspecified atom stereocenters. The number of aromatic nitrogens is 3. The zero-order valence-electron chi connectivity index (χ0n) is 16.7. The van der Waals surface area contributed by atoms with Crippen molar-refractivity contribution in [1.29, 1.82) is 0 Å². The third kappa shape index (κ3) is 3.40. The van der Waals surface area contributed by atoms with Crippen LogP contribution in [0.1, 0.15) is 13.8 Å². The molecule has 5 aromatic rings. The van der Waals surface area contributed by atoms with Crippen LogP contribution in [0.4, 0.5) is 0 Å². The van der Waals surface area contributed by atoms with E-state index in [1.54, 1.807) is 0 Å². The Labute approximate surface area is 179 Å². The van der Waals surface area contributed by atoms with Gasteiger partial charge in [-0.2, -0.15) is 0 Å². The standard InChI is InChI=1S/C25H20ClN3O/c1-16(2)30-20-6-3-17(4-7-20)18-10-12-29-24(15-28-25(29)13-18)22-9-11-27-23-14-19(26)5-8-21(22)23/h3-16H,1-2H3. The van der Waals surface area contributed by atoms with Gasteiger partial charge in [-0.15, -0.1) is 0 Å². The summed E-state index contributed by atoms with van der Waals surface area (Å²) in [5.41, 5.74) is 6.10. The average Bonchev–Trinajstić information content (AvgIpc) is 3.16. The second-order valence-corrected chi connectivity index (χ2v) is 7.93. The number of ether oxygens (including phenoxy) is 1. The molecule has 2 aromatic carbocycles. The molecule has 30 heavy (non-hydrogen) atoms. The van der Waals surface area contributed by atoms with E-state index in [-0.39, 0.29) is 6.10 Å². The van der Waals surface area contributed by atoms with Crippen molar-refractivity contribution in [1.82, 2.24) is 14.4 Å². The summed E-state index contributed by atoms with van der Waals surface area (Å²) < 4.78 is 7.84. The van der Waals surface area contributed by atoms with Gasteiger partial charge in [-0.1, -0.05) is 29.8 Å². The number of benzene rings is 2. The number of rotatable bonds is 4. The van der Waals surface area contributed by atoms with Crippen molar-refractivity contribution in [3.8, 4) is 28.1 Å². The van der Waals surface area contributed by atoms with Crippen LogP contribution in [0, 0.1) is 0 Å². The van der Waals surface area contributed by atoms with Gasteiger partial charge in [0.1, 0.15) is 11.4 Å². The fourth-order valence-corrected chi connectivity index (χ4v) is 3.87. The predicted molar refractivity (Wildman–Crippen MR) is 122 cm³/mol. The third-order valence-electron chi connectivity index (χ3n) is 5.05. The average molecular weight is 414 g/mol. The lowest BCUT2D eigenvalue weighted by Crippen LogP contribution is -2.05. The first-order chi connectivity index (χ1) is 14.6. The van der Waals surface area contributed by atoms with Gasteiger partial charge in [-0.3, -0.25) is 9.38 Å². The normalized spacial score (nSPS) is 11.5. The molecule has 3 aromatic heterocycles. The first-order valence-electron chi connectivity index (χ1n) is 9.87. The minimum absolute atomic E-state index is 0.163. The number of nitrogens with zero attached hydrogens (tertiary/aromatic N) is 3. The number of hydrogen-bond donors (Lipinski definition) is 0. The van der Waals surface area contributed by atoms with Crippen LogP contribution in [0.3, 0.4) is 0 Å². The van der Waals surface area contributed by atoms with Gasteiger partial charge in [0, 0.05) is 28.4 Å². The van der Waals surface area contributed by atoms with Crippen molar-refractivity contribution in [3.63, 3.8) is 0 Å².